The summed E-state index contributed by atoms with van der Waals surface area (Å²) < 4.78 is 0. The predicted octanol–water partition coefficient (Wildman–Crippen LogP) is 2.26. The molecule has 2 nitrogen and oxygen atoms in total. The lowest BCUT2D eigenvalue weighted by molar-refractivity contribution is 0.307. The fourth-order valence-corrected chi connectivity index (χ4v) is 1.39. The Labute approximate surface area is 86.9 Å². The van der Waals surface area contributed by atoms with Crippen molar-refractivity contribution in [1.82, 2.24) is 10.2 Å². The highest BCUT2D eigenvalue weighted by atomic mass is 15.1. The summed E-state index contributed by atoms with van der Waals surface area (Å²) in [5.74, 6) is 0. The van der Waals surface area contributed by atoms with Gasteiger partial charge in [-0.1, -0.05) is 32.0 Å². The van der Waals surface area contributed by atoms with E-state index in [0.717, 1.165) is 31.9 Å². The van der Waals surface area contributed by atoms with Crippen LogP contribution in [0.1, 0.15) is 13.8 Å². The monoisotopic (exact) mass is 191 g/mol. The van der Waals surface area contributed by atoms with Crippen molar-refractivity contribution in [1.29, 1.82) is 0 Å². The van der Waals surface area contributed by atoms with E-state index in [2.05, 4.69) is 24.1 Å². The summed E-state index contributed by atoms with van der Waals surface area (Å²) >= 11 is 0. The molecule has 0 fully saturated rings. The zero-order valence-corrected chi connectivity index (χ0v) is 9.11. The van der Waals surface area contributed by atoms with E-state index in [1.165, 1.54) is 0 Å². The van der Waals surface area contributed by atoms with Gasteiger partial charge in [-0.15, -0.1) is 0 Å². The van der Waals surface area contributed by atoms with Gasteiger partial charge in [-0.3, -0.25) is 5.32 Å². The number of rotatable bonds is 6. The lowest BCUT2D eigenvalue weighted by Gasteiger charge is -2.17. The van der Waals surface area contributed by atoms with Crippen molar-refractivity contribution in [2.45, 2.75) is 13.8 Å². The van der Waals surface area contributed by atoms with Crippen LogP contribution in [0.25, 0.3) is 0 Å². The van der Waals surface area contributed by atoms with Crippen LogP contribution in [-0.4, -0.2) is 31.1 Å². The number of hydrogen-bond acceptors (Lipinski definition) is 1. The summed E-state index contributed by atoms with van der Waals surface area (Å²) in [4.78, 5) is 2.38. The second-order valence-electron chi connectivity index (χ2n) is 3.24. The summed E-state index contributed by atoms with van der Waals surface area (Å²) in [5.41, 5.74) is 1.08. The van der Waals surface area contributed by atoms with Gasteiger partial charge in [0.15, 0.2) is 0 Å². The van der Waals surface area contributed by atoms with E-state index in [-0.39, 0.29) is 0 Å². The Balaban J connectivity index is 2.21. The van der Waals surface area contributed by atoms with Gasteiger partial charge in [0.2, 0.25) is 0 Å². The molecule has 0 atom stereocenters. The minimum atomic E-state index is 0.895. The number of hydrogen-bond donors (Lipinski definition) is 0. The zero-order chi connectivity index (χ0) is 10.2. The largest absolute Gasteiger partial charge is 0.302 e. The topological polar surface area (TPSA) is 17.3 Å². The van der Waals surface area contributed by atoms with E-state index in [1.54, 1.807) is 0 Å². The Bertz CT molecular complexity index is 229. The maximum Gasteiger partial charge on any atom is 0.0574 e. The van der Waals surface area contributed by atoms with E-state index in [1.807, 2.05) is 30.3 Å². The summed E-state index contributed by atoms with van der Waals surface area (Å²) in [6.07, 6.45) is 0. The first-order chi connectivity index (χ1) is 6.86. The molecule has 0 heterocycles. The minimum Gasteiger partial charge on any atom is -0.302 e. The van der Waals surface area contributed by atoms with Gasteiger partial charge in [0.1, 0.15) is 0 Å². The standard InChI is InChI=1S/C12H19N2/c1-3-14(4-2)11-10-13-12-8-6-5-7-9-12/h5-9H,3-4,10-11H2,1-2H3. The van der Waals surface area contributed by atoms with Crippen LogP contribution in [0, 0.1) is 0 Å². The van der Waals surface area contributed by atoms with Crippen LogP contribution in [0.15, 0.2) is 30.3 Å². The molecule has 1 rings (SSSR count). The lowest BCUT2D eigenvalue weighted by Crippen LogP contribution is -2.28. The highest BCUT2D eigenvalue weighted by Crippen LogP contribution is 2.04. The summed E-state index contributed by atoms with van der Waals surface area (Å²) in [5, 5.41) is 4.50. The normalized spacial score (nSPS) is 10.5. The van der Waals surface area contributed by atoms with Crippen LogP contribution in [0.4, 0.5) is 5.69 Å². The third-order valence-electron chi connectivity index (χ3n) is 2.36. The van der Waals surface area contributed by atoms with Gasteiger partial charge in [-0.05, 0) is 25.2 Å². The Kier molecular flexibility index (Phi) is 5.08. The highest BCUT2D eigenvalue weighted by Gasteiger charge is 1.98. The van der Waals surface area contributed by atoms with Crippen molar-refractivity contribution in [3.8, 4) is 0 Å². The molecule has 14 heavy (non-hydrogen) atoms. The molecule has 0 aliphatic rings. The molecule has 1 radical (unpaired) electrons. The molecule has 0 aliphatic carbocycles. The molecule has 0 aliphatic heterocycles. The third kappa shape index (κ3) is 3.79. The van der Waals surface area contributed by atoms with E-state index >= 15 is 0 Å². The van der Waals surface area contributed by atoms with Gasteiger partial charge >= 0.3 is 0 Å². The molecule has 0 saturated heterocycles. The molecule has 0 spiro atoms. The van der Waals surface area contributed by atoms with E-state index in [9.17, 15) is 0 Å². The Hall–Kier alpha value is -1.02. The van der Waals surface area contributed by atoms with Gasteiger partial charge in [-0.25, -0.2) is 0 Å². The molecule has 2 heteroatoms. The van der Waals surface area contributed by atoms with Crippen LogP contribution in [0.5, 0.6) is 0 Å². The number of benzene rings is 1. The van der Waals surface area contributed by atoms with Gasteiger partial charge in [0, 0.05) is 6.54 Å². The maximum atomic E-state index is 4.50. The van der Waals surface area contributed by atoms with Crippen molar-refractivity contribution >= 4 is 5.69 Å². The van der Waals surface area contributed by atoms with Crippen molar-refractivity contribution in [2.24, 2.45) is 0 Å². The van der Waals surface area contributed by atoms with Gasteiger partial charge in [0.25, 0.3) is 0 Å². The minimum absolute atomic E-state index is 0.895. The molecule has 1 aromatic rings. The quantitative estimate of drug-likeness (QED) is 0.674. The molecule has 0 unspecified atom stereocenters. The highest BCUT2D eigenvalue weighted by molar-refractivity contribution is 5.34. The van der Waals surface area contributed by atoms with Crippen molar-refractivity contribution in [3.63, 3.8) is 0 Å². The smallest absolute Gasteiger partial charge is 0.0574 e. The molecular formula is C12H19N2. The number of nitrogens with zero attached hydrogens (tertiary/aromatic N) is 2. The van der Waals surface area contributed by atoms with Crippen LogP contribution < -0.4 is 5.32 Å². The van der Waals surface area contributed by atoms with Crippen molar-refractivity contribution in [2.75, 3.05) is 26.2 Å². The van der Waals surface area contributed by atoms with Gasteiger partial charge in [-0.2, -0.15) is 0 Å². The fraction of sp³-hybridized carbons (Fsp3) is 0.500. The van der Waals surface area contributed by atoms with E-state index in [0.29, 0.717) is 0 Å². The number of likely N-dealkylation sites (N-methyl/N-ethyl adjacent to an activating group) is 1. The second-order valence-corrected chi connectivity index (χ2v) is 3.24. The SMILES string of the molecule is CCN(CC)CC[N]c1ccccc1. The summed E-state index contributed by atoms with van der Waals surface area (Å²) in [6.45, 7) is 8.55. The van der Waals surface area contributed by atoms with Crippen LogP contribution in [0.3, 0.4) is 0 Å². The molecular weight excluding hydrogens is 172 g/mol. The van der Waals surface area contributed by atoms with Crippen molar-refractivity contribution < 1.29 is 0 Å². The lowest BCUT2D eigenvalue weighted by atomic mass is 10.3. The summed E-state index contributed by atoms with van der Waals surface area (Å²) in [7, 11) is 0. The molecule has 77 valence electrons. The Morgan fingerprint density at radius 3 is 2.29 bits per heavy atom. The summed E-state index contributed by atoms with van der Waals surface area (Å²) in [6, 6.07) is 10.2. The first-order valence-corrected chi connectivity index (χ1v) is 5.31. The van der Waals surface area contributed by atoms with Crippen molar-refractivity contribution in [3.05, 3.63) is 30.3 Å². The first-order valence-electron chi connectivity index (χ1n) is 5.31. The molecule has 0 saturated carbocycles. The van der Waals surface area contributed by atoms with Gasteiger partial charge in [0.05, 0.1) is 12.2 Å². The zero-order valence-electron chi connectivity index (χ0n) is 9.11. The molecule has 1 aromatic carbocycles. The third-order valence-corrected chi connectivity index (χ3v) is 2.36. The predicted molar refractivity (Wildman–Crippen MR) is 60.9 cm³/mol. The van der Waals surface area contributed by atoms with Crippen LogP contribution >= 0.6 is 0 Å². The first kappa shape index (κ1) is 11.1. The van der Waals surface area contributed by atoms with E-state index < -0.39 is 0 Å². The van der Waals surface area contributed by atoms with Crippen LogP contribution in [-0.2, 0) is 0 Å². The van der Waals surface area contributed by atoms with Crippen LogP contribution in [0.2, 0.25) is 0 Å². The molecule has 0 bridgehead atoms. The fourth-order valence-electron chi connectivity index (χ4n) is 1.39. The average Bonchev–Trinajstić information content (AvgIpc) is 2.26. The molecule has 0 amide bonds. The maximum absolute atomic E-state index is 4.50. The second kappa shape index (κ2) is 6.44. The molecule has 0 aromatic heterocycles. The Morgan fingerprint density at radius 1 is 1.07 bits per heavy atom. The number of para-hydroxylation sites is 1. The van der Waals surface area contributed by atoms with E-state index in [4.69, 9.17) is 0 Å². The van der Waals surface area contributed by atoms with Gasteiger partial charge < -0.3 is 4.90 Å². The average molecular weight is 191 g/mol. The molecule has 0 N–H and O–H groups in total. The Morgan fingerprint density at radius 2 is 1.71 bits per heavy atom.